The third-order valence-corrected chi connectivity index (χ3v) is 5.78. The van der Waals surface area contributed by atoms with E-state index in [0.29, 0.717) is 17.1 Å². The van der Waals surface area contributed by atoms with E-state index in [1.807, 2.05) is 0 Å². The van der Waals surface area contributed by atoms with E-state index in [1.165, 1.54) is 53.2 Å². The summed E-state index contributed by atoms with van der Waals surface area (Å²) in [7, 11) is 0. The second-order valence-corrected chi connectivity index (χ2v) is 8.33. The fourth-order valence-electron chi connectivity index (χ4n) is 3.81. The number of nitrogens with two attached hydrogens (primary N) is 1. The minimum atomic E-state index is -0.812. The number of nitro groups is 2. The van der Waals surface area contributed by atoms with Gasteiger partial charge in [-0.05, 0) is 36.3 Å². The Bertz CT molecular complexity index is 1840. The fraction of sp³-hybridized carbons (Fsp3) is 0.0909. The molecule has 3 aromatic heterocycles. The van der Waals surface area contributed by atoms with Gasteiger partial charge in [-0.25, -0.2) is 14.7 Å². The molecule has 1 amide bonds. The second-order valence-electron chi connectivity index (χ2n) is 8.33. The number of nitrogens with one attached hydrogen (secondary N) is 1. The number of carbonyl (C=O) groups is 1. The van der Waals surface area contributed by atoms with Crippen molar-refractivity contribution in [3.05, 3.63) is 85.8 Å². The molecule has 41 heavy (non-hydrogen) atoms. The van der Waals surface area contributed by atoms with Crippen molar-refractivity contribution in [2.45, 2.75) is 13.8 Å². The van der Waals surface area contributed by atoms with Crippen LogP contribution < -0.4 is 11.2 Å². The molecule has 3 N–H and O–H groups in total. The molecule has 0 unspecified atom stereocenters. The lowest BCUT2D eigenvalue weighted by Crippen LogP contribution is -2.21. The van der Waals surface area contributed by atoms with Crippen molar-refractivity contribution in [2.75, 3.05) is 5.73 Å². The third-order valence-electron chi connectivity index (χ3n) is 5.78. The van der Waals surface area contributed by atoms with Gasteiger partial charge < -0.3 is 5.73 Å². The Balaban J connectivity index is 1.46. The average molecular weight is 559 g/mol. The maximum atomic E-state index is 13.2. The smallest absolute Gasteiger partial charge is 0.294 e. The number of amides is 1. The van der Waals surface area contributed by atoms with Crippen molar-refractivity contribution < 1.29 is 19.3 Å². The van der Waals surface area contributed by atoms with Crippen LogP contribution in [0.15, 0.2) is 58.3 Å². The predicted molar refractivity (Wildman–Crippen MR) is 138 cm³/mol. The Morgan fingerprint density at radius 3 is 2.32 bits per heavy atom. The molecule has 0 atom stereocenters. The molecular weight excluding hydrogens is 542 g/mol. The van der Waals surface area contributed by atoms with Gasteiger partial charge in [0, 0.05) is 29.8 Å². The summed E-state index contributed by atoms with van der Waals surface area (Å²) in [6, 6.07) is 11.2. The van der Waals surface area contributed by atoms with Crippen LogP contribution in [-0.4, -0.2) is 61.8 Å². The number of rotatable bonds is 8. The summed E-state index contributed by atoms with van der Waals surface area (Å²) in [5.74, 6) is -1.06. The minimum absolute atomic E-state index is 0.0155. The van der Waals surface area contributed by atoms with E-state index in [2.05, 4.69) is 46.1 Å². The van der Waals surface area contributed by atoms with Gasteiger partial charge in [0.1, 0.15) is 11.4 Å². The van der Waals surface area contributed by atoms with E-state index in [9.17, 15) is 25.0 Å². The number of aromatic nitrogens is 8. The zero-order valence-corrected chi connectivity index (χ0v) is 21.1. The Morgan fingerprint density at radius 2 is 1.66 bits per heavy atom. The normalized spacial score (nSPS) is 11.4. The molecule has 206 valence electrons. The van der Waals surface area contributed by atoms with Crippen LogP contribution in [0.25, 0.3) is 22.8 Å². The second kappa shape index (κ2) is 10.4. The van der Waals surface area contributed by atoms with Crippen molar-refractivity contribution in [2.24, 2.45) is 5.10 Å². The van der Waals surface area contributed by atoms with E-state index < -0.39 is 15.8 Å². The van der Waals surface area contributed by atoms with Crippen LogP contribution in [0.4, 0.5) is 17.2 Å². The van der Waals surface area contributed by atoms with E-state index in [1.54, 1.807) is 13.8 Å². The number of benzene rings is 2. The molecule has 0 fully saturated rings. The highest BCUT2D eigenvalue weighted by molar-refractivity contribution is 6.01. The quantitative estimate of drug-likeness (QED) is 0.156. The van der Waals surface area contributed by atoms with Crippen molar-refractivity contribution in [1.29, 1.82) is 0 Å². The van der Waals surface area contributed by atoms with Crippen LogP contribution in [0.2, 0.25) is 0 Å². The highest BCUT2D eigenvalue weighted by Crippen LogP contribution is 2.29. The number of hydrogen-bond donors (Lipinski definition) is 2. The van der Waals surface area contributed by atoms with Gasteiger partial charge in [-0.1, -0.05) is 22.6 Å². The largest absolute Gasteiger partial charge is 0.378 e. The lowest BCUT2D eigenvalue weighted by molar-refractivity contribution is -0.385. The summed E-state index contributed by atoms with van der Waals surface area (Å²) in [5, 5.41) is 49.6. The number of nitrogens with zero attached hydrogens (tertiary/aromatic N) is 11. The molecule has 5 aromatic rings. The first-order chi connectivity index (χ1) is 19.7. The van der Waals surface area contributed by atoms with Gasteiger partial charge >= 0.3 is 0 Å². The molecule has 0 aliphatic carbocycles. The van der Waals surface area contributed by atoms with Gasteiger partial charge in [-0.15, -0.1) is 10.2 Å². The average Bonchev–Trinajstić information content (AvgIpc) is 3.69. The standard InChI is InChI=1S/C22H17N13O6/c1-11(17-12(2)32(30-25-17)14-6-8-15(9-7-14)34(37)38)24-27-22(36)18-19(13-4-3-5-16(10-13)35(39)40)33(31-26-18)21-20(23)28-41-29-21/h3-10H,1-2H3,(H2,23,28)(H,27,36). The molecule has 0 bridgehead atoms. The molecule has 0 radical (unpaired) electrons. The molecule has 0 aliphatic rings. The van der Waals surface area contributed by atoms with Crippen molar-refractivity contribution in [1.82, 2.24) is 45.7 Å². The minimum Gasteiger partial charge on any atom is -0.378 e. The summed E-state index contributed by atoms with van der Waals surface area (Å²) in [4.78, 5) is 34.4. The first-order valence-corrected chi connectivity index (χ1v) is 11.5. The van der Waals surface area contributed by atoms with Crippen LogP contribution >= 0.6 is 0 Å². The van der Waals surface area contributed by atoms with Crippen LogP contribution in [0.1, 0.15) is 28.8 Å². The highest BCUT2D eigenvalue weighted by atomic mass is 16.6. The molecular formula is C22H17N13O6. The molecule has 19 heteroatoms. The van der Waals surface area contributed by atoms with E-state index in [-0.39, 0.29) is 45.7 Å². The molecule has 3 heterocycles. The Hall–Kier alpha value is -6.40. The number of anilines is 1. The van der Waals surface area contributed by atoms with Crippen LogP contribution in [0.5, 0.6) is 0 Å². The Labute approximate surface area is 227 Å². The summed E-state index contributed by atoms with van der Waals surface area (Å²) in [6.07, 6.45) is 0. The van der Waals surface area contributed by atoms with E-state index >= 15 is 0 Å². The van der Waals surface area contributed by atoms with Gasteiger partial charge in [0.15, 0.2) is 5.69 Å². The van der Waals surface area contributed by atoms with Crippen LogP contribution in [0, 0.1) is 27.2 Å². The topological polar surface area (TPSA) is 254 Å². The Kier molecular flexibility index (Phi) is 6.65. The van der Waals surface area contributed by atoms with Crippen LogP contribution in [0.3, 0.4) is 0 Å². The van der Waals surface area contributed by atoms with Gasteiger partial charge in [0.2, 0.25) is 11.6 Å². The number of non-ortho nitro benzene ring substituents is 2. The number of carbonyl (C=O) groups excluding carboxylic acids is 1. The van der Waals surface area contributed by atoms with Crippen molar-refractivity contribution in [3.63, 3.8) is 0 Å². The van der Waals surface area contributed by atoms with Gasteiger partial charge in [0.25, 0.3) is 17.3 Å². The maximum absolute atomic E-state index is 13.2. The molecule has 0 spiro atoms. The highest BCUT2D eigenvalue weighted by Gasteiger charge is 2.26. The summed E-state index contributed by atoms with van der Waals surface area (Å²) in [6.45, 7) is 3.29. The maximum Gasteiger partial charge on any atom is 0.294 e. The number of hydrogen-bond acceptors (Lipinski definition) is 14. The zero-order chi connectivity index (χ0) is 29.3. The first-order valence-electron chi connectivity index (χ1n) is 11.5. The predicted octanol–water partition coefficient (Wildman–Crippen LogP) is 1.76. The molecule has 5 rings (SSSR count). The molecule has 0 saturated carbocycles. The van der Waals surface area contributed by atoms with Crippen molar-refractivity contribution >= 4 is 28.8 Å². The van der Waals surface area contributed by atoms with E-state index in [4.69, 9.17) is 5.73 Å². The molecule has 19 nitrogen and oxygen atoms in total. The summed E-state index contributed by atoms with van der Waals surface area (Å²) in [5.41, 5.74) is 9.51. The zero-order valence-electron chi connectivity index (χ0n) is 21.1. The lowest BCUT2D eigenvalue weighted by Gasteiger charge is -2.06. The van der Waals surface area contributed by atoms with Crippen molar-refractivity contribution in [3.8, 4) is 22.8 Å². The fourth-order valence-corrected chi connectivity index (χ4v) is 3.81. The monoisotopic (exact) mass is 559 g/mol. The molecule has 0 saturated heterocycles. The number of hydrazone groups is 1. The van der Waals surface area contributed by atoms with Gasteiger partial charge in [-0.3, -0.25) is 25.0 Å². The lowest BCUT2D eigenvalue weighted by atomic mass is 10.1. The van der Waals surface area contributed by atoms with Crippen LogP contribution in [-0.2, 0) is 0 Å². The molecule has 0 aliphatic heterocycles. The van der Waals surface area contributed by atoms with E-state index in [0.717, 1.165) is 4.68 Å². The van der Waals surface area contributed by atoms with Gasteiger partial charge in [0.05, 0.1) is 26.9 Å². The molecule has 2 aromatic carbocycles. The first kappa shape index (κ1) is 26.2. The number of nitro benzene ring substituents is 2. The summed E-state index contributed by atoms with van der Waals surface area (Å²) >= 11 is 0. The third kappa shape index (κ3) is 4.92. The van der Waals surface area contributed by atoms with Gasteiger partial charge in [-0.2, -0.15) is 9.78 Å². The Morgan fingerprint density at radius 1 is 0.976 bits per heavy atom. The number of nitrogen functional groups attached to an aromatic ring is 1. The summed E-state index contributed by atoms with van der Waals surface area (Å²) < 4.78 is 7.15. The SMILES string of the molecule is CC(=NNC(=O)c1nnn(-c2nonc2N)c1-c1cccc([N+](=O)[O-])c1)c1nnn(-c2ccc([N+](=O)[O-])cc2)c1C.